The van der Waals surface area contributed by atoms with Crippen molar-refractivity contribution in [3.63, 3.8) is 0 Å². The van der Waals surface area contributed by atoms with Gasteiger partial charge in [0.05, 0.1) is 7.11 Å². The maximum Gasteiger partial charge on any atom is 0.323 e. The van der Waals surface area contributed by atoms with Gasteiger partial charge < -0.3 is 19.8 Å². The van der Waals surface area contributed by atoms with Gasteiger partial charge in [0.2, 0.25) is 5.89 Å². The first-order valence-corrected chi connectivity index (χ1v) is 8.39. The Morgan fingerprint density at radius 3 is 2.48 bits per heavy atom. The summed E-state index contributed by atoms with van der Waals surface area (Å²) in [4.78, 5) is 16.6. The molecular formula is C21H17N3O3. The van der Waals surface area contributed by atoms with Gasteiger partial charge in [-0.3, -0.25) is 0 Å². The van der Waals surface area contributed by atoms with Crippen LogP contribution in [0.1, 0.15) is 0 Å². The van der Waals surface area contributed by atoms with E-state index in [0.29, 0.717) is 23.0 Å². The van der Waals surface area contributed by atoms with Gasteiger partial charge in [-0.05, 0) is 48.5 Å². The van der Waals surface area contributed by atoms with Crippen molar-refractivity contribution in [2.75, 3.05) is 17.7 Å². The Labute approximate surface area is 155 Å². The Bertz CT molecular complexity index is 1050. The van der Waals surface area contributed by atoms with Gasteiger partial charge in [-0.1, -0.05) is 18.2 Å². The summed E-state index contributed by atoms with van der Waals surface area (Å²) < 4.78 is 10.9. The molecule has 0 saturated heterocycles. The van der Waals surface area contributed by atoms with Crippen LogP contribution in [0.25, 0.3) is 22.6 Å². The van der Waals surface area contributed by atoms with Crippen molar-refractivity contribution < 1.29 is 13.9 Å². The lowest BCUT2D eigenvalue weighted by Gasteiger charge is -2.09. The lowest BCUT2D eigenvalue weighted by molar-refractivity contribution is 0.262. The van der Waals surface area contributed by atoms with Crippen LogP contribution in [0.5, 0.6) is 5.75 Å². The number of anilines is 2. The van der Waals surface area contributed by atoms with Crippen molar-refractivity contribution >= 4 is 28.5 Å². The number of para-hydroxylation sites is 2. The second-order valence-electron chi connectivity index (χ2n) is 5.88. The van der Waals surface area contributed by atoms with Gasteiger partial charge in [-0.15, -0.1) is 0 Å². The Morgan fingerprint density at radius 1 is 0.926 bits per heavy atom. The number of urea groups is 1. The van der Waals surface area contributed by atoms with Gasteiger partial charge >= 0.3 is 6.03 Å². The van der Waals surface area contributed by atoms with Crippen molar-refractivity contribution in [3.05, 3.63) is 72.8 Å². The molecule has 0 aliphatic heterocycles. The Balaban J connectivity index is 1.44. The van der Waals surface area contributed by atoms with Crippen LogP contribution in [0.3, 0.4) is 0 Å². The highest BCUT2D eigenvalue weighted by molar-refractivity contribution is 6.00. The average molecular weight is 359 g/mol. The van der Waals surface area contributed by atoms with E-state index in [1.54, 1.807) is 31.4 Å². The third kappa shape index (κ3) is 3.74. The molecule has 0 radical (unpaired) electrons. The number of methoxy groups -OCH3 is 1. The highest BCUT2D eigenvalue weighted by Crippen LogP contribution is 2.25. The number of nitrogens with one attached hydrogen (secondary N) is 2. The third-order valence-corrected chi connectivity index (χ3v) is 4.01. The highest BCUT2D eigenvalue weighted by atomic mass is 16.5. The molecule has 0 aliphatic rings. The molecule has 0 spiro atoms. The van der Waals surface area contributed by atoms with Crippen LogP contribution in [0.4, 0.5) is 16.2 Å². The van der Waals surface area contributed by atoms with E-state index in [-0.39, 0.29) is 6.03 Å². The summed E-state index contributed by atoms with van der Waals surface area (Å²) in [7, 11) is 1.58. The molecule has 1 aromatic heterocycles. The number of ether oxygens (including phenoxy) is 1. The van der Waals surface area contributed by atoms with Crippen LogP contribution >= 0.6 is 0 Å². The minimum Gasteiger partial charge on any atom is -0.497 e. The summed E-state index contributed by atoms with van der Waals surface area (Å²) in [6.45, 7) is 0. The summed E-state index contributed by atoms with van der Waals surface area (Å²) in [5, 5.41) is 5.56. The first-order chi connectivity index (χ1) is 13.2. The number of rotatable bonds is 4. The van der Waals surface area contributed by atoms with E-state index in [9.17, 15) is 4.79 Å². The molecule has 1 heterocycles. The fourth-order valence-electron chi connectivity index (χ4n) is 2.69. The first kappa shape index (κ1) is 16.7. The lowest BCUT2D eigenvalue weighted by Crippen LogP contribution is -2.19. The van der Waals surface area contributed by atoms with E-state index in [4.69, 9.17) is 9.15 Å². The highest BCUT2D eigenvalue weighted by Gasteiger charge is 2.08. The monoisotopic (exact) mass is 359 g/mol. The molecule has 0 fully saturated rings. The zero-order valence-corrected chi connectivity index (χ0v) is 14.6. The average Bonchev–Trinajstić information content (AvgIpc) is 3.13. The fourth-order valence-corrected chi connectivity index (χ4v) is 2.69. The number of aromatic nitrogens is 1. The number of carbonyl (C=O) groups excluding carboxylic acids is 1. The molecule has 0 aliphatic carbocycles. The van der Waals surface area contributed by atoms with Crippen LogP contribution in [0.15, 0.2) is 77.2 Å². The maximum atomic E-state index is 12.2. The quantitative estimate of drug-likeness (QED) is 0.528. The van der Waals surface area contributed by atoms with E-state index >= 15 is 0 Å². The number of nitrogens with zero attached hydrogens (tertiary/aromatic N) is 1. The molecule has 4 aromatic rings. The van der Waals surface area contributed by atoms with E-state index in [2.05, 4.69) is 15.6 Å². The zero-order valence-electron chi connectivity index (χ0n) is 14.6. The largest absolute Gasteiger partial charge is 0.497 e. The SMILES string of the molecule is COc1cccc(NC(=O)Nc2ccc(-c3nc4ccccc4o3)cc2)c1. The van der Waals surface area contributed by atoms with E-state index in [0.717, 1.165) is 16.7 Å². The van der Waals surface area contributed by atoms with Crippen LogP contribution in [0.2, 0.25) is 0 Å². The van der Waals surface area contributed by atoms with Crippen LogP contribution in [-0.4, -0.2) is 18.1 Å². The minimum atomic E-state index is -0.335. The number of amides is 2. The molecule has 3 aromatic carbocycles. The van der Waals surface area contributed by atoms with E-state index in [1.165, 1.54) is 0 Å². The molecule has 27 heavy (non-hydrogen) atoms. The van der Waals surface area contributed by atoms with Crippen LogP contribution in [0, 0.1) is 0 Å². The molecule has 134 valence electrons. The zero-order chi connectivity index (χ0) is 18.6. The predicted octanol–water partition coefficient (Wildman–Crippen LogP) is 5.15. The van der Waals surface area contributed by atoms with Crippen molar-refractivity contribution in [2.24, 2.45) is 0 Å². The second kappa shape index (κ2) is 7.21. The third-order valence-electron chi connectivity index (χ3n) is 4.01. The number of oxazole rings is 1. The summed E-state index contributed by atoms with van der Waals surface area (Å²) in [5.41, 5.74) is 3.70. The van der Waals surface area contributed by atoms with E-state index in [1.807, 2.05) is 48.5 Å². The van der Waals surface area contributed by atoms with Crippen molar-refractivity contribution in [1.82, 2.24) is 4.98 Å². The molecule has 6 nitrogen and oxygen atoms in total. The lowest BCUT2D eigenvalue weighted by atomic mass is 10.2. The molecule has 0 saturated carbocycles. The smallest absolute Gasteiger partial charge is 0.323 e. The van der Waals surface area contributed by atoms with Crippen LogP contribution < -0.4 is 15.4 Å². The molecule has 2 amide bonds. The number of hydrogen-bond acceptors (Lipinski definition) is 4. The maximum absolute atomic E-state index is 12.2. The standard InChI is InChI=1S/C21H17N3O3/c1-26-17-6-4-5-16(13-17)23-21(25)22-15-11-9-14(10-12-15)20-24-18-7-2-3-8-19(18)27-20/h2-13H,1H3,(H2,22,23,25). The normalized spacial score (nSPS) is 10.6. The van der Waals surface area contributed by atoms with Crippen molar-refractivity contribution in [2.45, 2.75) is 0 Å². The summed E-state index contributed by atoms with van der Waals surface area (Å²) in [5.74, 6) is 1.22. The number of carbonyl (C=O) groups is 1. The molecule has 0 atom stereocenters. The van der Waals surface area contributed by atoms with Gasteiger partial charge in [-0.2, -0.15) is 0 Å². The predicted molar refractivity (Wildman–Crippen MR) is 105 cm³/mol. The molecule has 2 N–H and O–H groups in total. The van der Waals surface area contributed by atoms with Crippen molar-refractivity contribution in [1.29, 1.82) is 0 Å². The Kier molecular flexibility index (Phi) is 4.45. The summed E-state index contributed by atoms with van der Waals surface area (Å²) >= 11 is 0. The van der Waals surface area contributed by atoms with E-state index < -0.39 is 0 Å². The first-order valence-electron chi connectivity index (χ1n) is 8.39. The fraction of sp³-hybridized carbons (Fsp3) is 0.0476. The summed E-state index contributed by atoms with van der Waals surface area (Å²) in [6, 6.07) is 21.7. The van der Waals surface area contributed by atoms with Gasteiger partial charge in [0.25, 0.3) is 0 Å². The Morgan fingerprint density at radius 2 is 1.70 bits per heavy atom. The molecular weight excluding hydrogens is 342 g/mol. The molecule has 6 heteroatoms. The Hall–Kier alpha value is -3.80. The number of fused-ring (bicyclic) bond motifs is 1. The molecule has 4 rings (SSSR count). The number of hydrogen-bond donors (Lipinski definition) is 2. The van der Waals surface area contributed by atoms with Gasteiger partial charge in [0.15, 0.2) is 5.58 Å². The van der Waals surface area contributed by atoms with Crippen molar-refractivity contribution in [3.8, 4) is 17.2 Å². The topological polar surface area (TPSA) is 76.4 Å². The molecule has 0 bridgehead atoms. The summed E-state index contributed by atoms with van der Waals surface area (Å²) in [6.07, 6.45) is 0. The van der Waals surface area contributed by atoms with Gasteiger partial charge in [0, 0.05) is 23.0 Å². The number of benzene rings is 3. The van der Waals surface area contributed by atoms with Gasteiger partial charge in [-0.25, -0.2) is 9.78 Å². The molecule has 0 unspecified atom stereocenters. The second-order valence-corrected chi connectivity index (χ2v) is 5.88. The van der Waals surface area contributed by atoms with Crippen LogP contribution in [-0.2, 0) is 0 Å². The minimum absolute atomic E-state index is 0.335. The van der Waals surface area contributed by atoms with Gasteiger partial charge in [0.1, 0.15) is 11.3 Å².